The maximum Gasteiger partial charge on any atom is 0.256 e. The van der Waals surface area contributed by atoms with E-state index in [-0.39, 0.29) is 22.3 Å². The number of carbonyl (C=O) groups excluding carboxylic acids is 3. The zero-order chi connectivity index (χ0) is 25.2. The SMILES string of the molecule is CCCOC1CN(Cc2ccc(COc3cccc4c3C(I)N(C3CCC(=O)NC3=O)C4=O)cc2)C1. The van der Waals surface area contributed by atoms with Crippen molar-refractivity contribution in [1.29, 1.82) is 0 Å². The molecule has 8 nitrogen and oxygen atoms in total. The lowest BCUT2D eigenvalue weighted by molar-refractivity contribution is -0.136. The van der Waals surface area contributed by atoms with Crippen molar-refractivity contribution in [2.24, 2.45) is 0 Å². The van der Waals surface area contributed by atoms with Crippen LogP contribution in [0.4, 0.5) is 0 Å². The van der Waals surface area contributed by atoms with Crippen molar-refractivity contribution in [3.63, 3.8) is 0 Å². The van der Waals surface area contributed by atoms with E-state index in [9.17, 15) is 14.4 Å². The van der Waals surface area contributed by atoms with E-state index >= 15 is 0 Å². The van der Waals surface area contributed by atoms with Crippen LogP contribution < -0.4 is 10.1 Å². The Balaban J connectivity index is 1.20. The lowest BCUT2D eigenvalue weighted by Crippen LogP contribution is -2.52. The van der Waals surface area contributed by atoms with Crippen LogP contribution >= 0.6 is 22.6 Å². The van der Waals surface area contributed by atoms with Gasteiger partial charge in [-0.1, -0.05) is 59.8 Å². The highest BCUT2D eigenvalue weighted by Gasteiger charge is 2.45. The summed E-state index contributed by atoms with van der Waals surface area (Å²) >= 11 is 2.18. The Bertz CT molecular complexity index is 1150. The smallest absolute Gasteiger partial charge is 0.256 e. The van der Waals surface area contributed by atoms with E-state index in [1.807, 2.05) is 6.07 Å². The number of hydrogen-bond donors (Lipinski definition) is 1. The first-order valence-corrected chi connectivity index (χ1v) is 13.7. The monoisotopic (exact) mass is 603 g/mol. The molecule has 0 bridgehead atoms. The molecule has 190 valence electrons. The first-order valence-electron chi connectivity index (χ1n) is 12.4. The fraction of sp³-hybridized carbons (Fsp3) is 0.444. The number of likely N-dealkylation sites (tertiary alicyclic amines) is 1. The second-order valence-electron chi connectivity index (χ2n) is 9.52. The van der Waals surface area contributed by atoms with Crippen molar-refractivity contribution in [2.45, 2.75) is 55.5 Å². The van der Waals surface area contributed by atoms with Gasteiger partial charge in [0, 0.05) is 43.8 Å². The molecule has 2 fully saturated rings. The summed E-state index contributed by atoms with van der Waals surface area (Å²) in [5.41, 5.74) is 3.62. The summed E-state index contributed by atoms with van der Waals surface area (Å²) in [4.78, 5) is 41.1. The fourth-order valence-corrected chi connectivity index (χ4v) is 6.22. The molecule has 2 saturated heterocycles. The summed E-state index contributed by atoms with van der Waals surface area (Å²) in [6.07, 6.45) is 1.98. The van der Waals surface area contributed by atoms with E-state index in [4.69, 9.17) is 9.47 Å². The lowest BCUT2D eigenvalue weighted by atomic mass is 10.0. The number of nitrogens with zero attached hydrogens (tertiary/aromatic N) is 2. The fourth-order valence-electron chi connectivity index (χ4n) is 4.93. The number of rotatable bonds is 9. The minimum absolute atomic E-state index is 0.206. The topological polar surface area (TPSA) is 88.2 Å². The number of piperidine rings is 1. The van der Waals surface area contributed by atoms with Gasteiger partial charge in [-0.05, 0) is 36.1 Å². The second kappa shape index (κ2) is 10.9. The van der Waals surface area contributed by atoms with Gasteiger partial charge in [-0.3, -0.25) is 24.6 Å². The predicted molar refractivity (Wildman–Crippen MR) is 142 cm³/mol. The van der Waals surface area contributed by atoms with Gasteiger partial charge in [0.15, 0.2) is 0 Å². The quantitative estimate of drug-likeness (QED) is 0.204. The molecule has 0 radical (unpaired) electrons. The maximum absolute atomic E-state index is 13.2. The molecule has 2 atom stereocenters. The average Bonchev–Trinajstić information content (AvgIpc) is 3.10. The second-order valence-corrected chi connectivity index (χ2v) is 10.7. The molecule has 9 heteroatoms. The standard InChI is InChI=1S/C27H30IN3O5/c1-2-12-35-19-14-30(15-19)13-17-6-8-18(9-7-17)16-36-22-5-3-4-20-24(22)25(28)31(27(20)34)21-10-11-23(32)29-26(21)33/h3-9,19,21,25H,2,10-16H2,1H3,(H,29,32,33). The number of fused-ring (bicyclic) bond motifs is 1. The molecular weight excluding hydrogens is 573 g/mol. The first kappa shape index (κ1) is 25.2. The van der Waals surface area contributed by atoms with Crippen LogP contribution in [0.2, 0.25) is 0 Å². The highest BCUT2D eigenvalue weighted by Crippen LogP contribution is 2.45. The zero-order valence-electron chi connectivity index (χ0n) is 20.2. The molecule has 0 saturated carbocycles. The van der Waals surface area contributed by atoms with Crippen LogP contribution in [0.5, 0.6) is 5.75 Å². The van der Waals surface area contributed by atoms with Crippen molar-refractivity contribution >= 4 is 40.3 Å². The number of imide groups is 1. The molecule has 3 aliphatic rings. The molecule has 36 heavy (non-hydrogen) atoms. The van der Waals surface area contributed by atoms with Crippen LogP contribution in [-0.2, 0) is 27.5 Å². The van der Waals surface area contributed by atoms with Gasteiger partial charge in [-0.15, -0.1) is 0 Å². The van der Waals surface area contributed by atoms with Crippen molar-refractivity contribution in [2.75, 3.05) is 19.7 Å². The summed E-state index contributed by atoms with van der Waals surface area (Å²) in [6.45, 7) is 6.21. The normalized spacial score (nSPS) is 22.4. The summed E-state index contributed by atoms with van der Waals surface area (Å²) in [5.74, 6) is -0.283. The van der Waals surface area contributed by atoms with Gasteiger partial charge >= 0.3 is 0 Å². The number of hydrogen-bond acceptors (Lipinski definition) is 6. The number of carbonyl (C=O) groups is 3. The third-order valence-corrected chi connectivity index (χ3v) is 8.09. The van der Waals surface area contributed by atoms with Gasteiger partial charge in [0.2, 0.25) is 11.8 Å². The molecular formula is C27H30IN3O5. The van der Waals surface area contributed by atoms with Crippen molar-refractivity contribution in [3.05, 3.63) is 64.7 Å². The maximum atomic E-state index is 13.2. The van der Waals surface area contributed by atoms with Crippen LogP contribution in [0, 0.1) is 0 Å². The molecule has 2 unspecified atom stereocenters. The molecule has 2 aromatic rings. The summed E-state index contributed by atoms with van der Waals surface area (Å²) in [6, 6.07) is 13.2. The van der Waals surface area contributed by atoms with E-state index in [0.29, 0.717) is 30.4 Å². The highest BCUT2D eigenvalue weighted by molar-refractivity contribution is 14.1. The Morgan fingerprint density at radius 2 is 1.81 bits per heavy atom. The molecule has 3 aliphatic heterocycles. The van der Waals surface area contributed by atoms with Crippen molar-refractivity contribution < 1.29 is 23.9 Å². The average molecular weight is 603 g/mol. The Kier molecular flexibility index (Phi) is 7.59. The Hall–Kier alpha value is -2.50. The molecule has 3 amide bonds. The zero-order valence-corrected chi connectivity index (χ0v) is 22.4. The number of amides is 3. The summed E-state index contributed by atoms with van der Waals surface area (Å²) in [7, 11) is 0. The van der Waals surface area contributed by atoms with E-state index in [1.54, 1.807) is 17.0 Å². The predicted octanol–water partition coefficient (Wildman–Crippen LogP) is 3.57. The number of benzene rings is 2. The van der Waals surface area contributed by atoms with E-state index < -0.39 is 11.9 Å². The number of nitrogens with one attached hydrogen (secondary N) is 1. The van der Waals surface area contributed by atoms with Gasteiger partial charge in [0.05, 0.1) is 6.10 Å². The molecule has 2 aromatic carbocycles. The van der Waals surface area contributed by atoms with Gasteiger partial charge in [0.1, 0.15) is 22.4 Å². The molecule has 0 spiro atoms. The molecule has 5 rings (SSSR count). The third kappa shape index (κ3) is 5.14. The Morgan fingerprint density at radius 1 is 1.06 bits per heavy atom. The van der Waals surface area contributed by atoms with Gasteiger partial charge < -0.3 is 14.4 Å². The van der Waals surface area contributed by atoms with Gasteiger partial charge in [-0.25, -0.2) is 0 Å². The van der Waals surface area contributed by atoms with E-state index in [2.05, 4.69) is 64.0 Å². The van der Waals surface area contributed by atoms with Crippen LogP contribution in [0.3, 0.4) is 0 Å². The van der Waals surface area contributed by atoms with Crippen LogP contribution in [0.25, 0.3) is 0 Å². The van der Waals surface area contributed by atoms with Gasteiger partial charge in [-0.2, -0.15) is 0 Å². The Labute approximate surface area is 224 Å². The minimum Gasteiger partial charge on any atom is -0.488 e. The Morgan fingerprint density at radius 3 is 2.53 bits per heavy atom. The highest BCUT2D eigenvalue weighted by atomic mass is 127. The summed E-state index contributed by atoms with van der Waals surface area (Å²) < 4.78 is 11.6. The van der Waals surface area contributed by atoms with E-state index in [1.165, 1.54) is 5.56 Å². The largest absolute Gasteiger partial charge is 0.488 e. The van der Waals surface area contributed by atoms with Gasteiger partial charge in [0.25, 0.3) is 5.91 Å². The molecule has 0 aromatic heterocycles. The number of alkyl halides is 1. The van der Waals surface area contributed by atoms with E-state index in [0.717, 1.165) is 43.8 Å². The number of ether oxygens (including phenoxy) is 2. The first-order chi connectivity index (χ1) is 17.4. The summed E-state index contributed by atoms with van der Waals surface area (Å²) in [5, 5.41) is 2.35. The molecule has 1 N–H and O–H groups in total. The van der Waals surface area contributed by atoms with Crippen LogP contribution in [-0.4, -0.2) is 59.4 Å². The number of halogens is 1. The van der Waals surface area contributed by atoms with Crippen molar-refractivity contribution in [1.82, 2.24) is 15.1 Å². The third-order valence-electron chi connectivity index (χ3n) is 6.86. The van der Waals surface area contributed by atoms with Crippen LogP contribution in [0.15, 0.2) is 42.5 Å². The van der Waals surface area contributed by atoms with Crippen LogP contribution in [0.1, 0.15) is 57.3 Å². The van der Waals surface area contributed by atoms with Crippen molar-refractivity contribution in [3.8, 4) is 5.75 Å². The minimum atomic E-state index is -0.662. The molecule has 3 heterocycles. The lowest BCUT2D eigenvalue weighted by Gasteiger charge is -2.39. The molecule has 0 aliphatic carbocycles.